The van der Waals surface area contributed by atoms with Crippen LogP contribution in [0.2, 0.25) is 0 Å². The minimum absolute atomic E-state index is 0.00119. The minimum Gasteiger partial charge on any atom is -0.508 e. The number of benzene rings is 3. The lowest BCUT2D eigenvalue weighted by atomic mass is 9.63. The Kier molecular flexibility index (Phi) is 13.3. The van der Waals surface area contributed by atoms with Gasteiger partial charge in [-0.1, -0.05) is 35.4 Å². The maximum absolute atomic E-state index is 13.7. The van der Waals surface area contributed by atoms with Gasteiger partial charge in [-0.15, -0.1) is 0 Å². The number of aliphatic hydroxyl groups is 5. The number of aliphatic carboxylic acids is 1. The molecule has 19 nitrogen and oxygen atoms in total. The number of nitrogens with zero attached hydrogens (tertiary/aromatic N) is 2. The van der Waals surface area contributed by atoms with Crippen LogP contribution in [0.1, 0.15) is 36.0 Å². The molecule has 0 amide bonds. The molecule has 9 atom stereocenters. The summed E-state index contributed by atoms with van der Waals surface area (Å²) in [6.07, 6.45) is -5.39. The first-order chi connectivity index (χ1) is 32.1. The standard InChI is InChI=1S/C48H49N3O16/c1-25-19-26(2)21-29(20-25)40-38-28(14-16-50-38)23-51(40)67-43-46(64-31-10-11-32-35(22-31)63-24-33(41(32)57)27-6-8-30(54)9-7-27)66-42-34(65-45(60)39(44(58)59)49-15-4-18-53)12-13-37(56)47(42,61)48(43,62)36(55)5-3-17-52/h6-14,16,18-22,24,34,36-37,39,42-43,46,49,52,54-56,61-62H,3-5,15,17,23H2,1-2H3,(H,58,59). The Morgan fingerprint density at radius 3 is 2.49 bits per heavy atom. The second-order valence-corrected chi connectivity index (χ2v) is 16.8. The van der Waals surface area contributed by atoms with Crippen molar-refractivity contribution in [1.29, 1.82) is 0 Å². The van der Waals surface area contributed by atoms with Crippen LogP contribution in [0.3, 0.4) is 0 Å². The van der Waals surface area contributed by atoms with Gasteiger partial charge in [-0.3, -0.25) is 19.9 Å². The van der Waals surface area contributed by atoms with Crippen molar-refractivity contribution in [3.05, 3.63) is 123 Å². The fourth-order valence-corrected chi connectivity index (χ4v) is 9.05. The first-order valence-electron chi connectivity index (χ1n) is 21.5. The Bertz CT molecular complexity index is 2730. The molecule has 0 spiro atoms. The predicted molar refractivity (Wildman–Crippen MR) is 237 cm³/mol. The second kappa shape index (κ2) is 19.0. The number of rotatable bonds is 17. The van der Waals surface area contributed by atoms with Crippen molar-refractivity contribution in [2.24, 2.45) is 4.99 Å². The first-order valence-corrected chi connectivity index (χ1v) is 21.5. The number of aliphatic imine (C=N–C) groups is 1. The quantitative estimate of drug-likeness (QED) is 0.0247. The highest BCUT2D eigenvalue weighted by Crippen LogP contribution is 2.50. The van der Waals surface area contributed by atoms with Crippen molar-refractivity contribution in [2.75, 3.05) is 19.7 Å². The van der Waals surface area contributed by atoms with Gasteiger partial charge in [0.15, 0.2) is 22.7 Å². The number of hydrogen-bond donors (Lipinski definition) is 8. The molecule has 3 aromatic carbocycles. The number of carboxylic acid groups (broad SMARTS) is 1. The molecule has 0 radical (unpaired) electrons. The van der Waals surface area contributed by atoms with Crippen molar-refractivity contribution in [2.45, 2.75) is 87.2 Å². The third-order valence-corrected chi connectivity index (χ3v) is 12.2. The summed E-state index contributed by atoms with van der Waals surface area (Å²) in [6, 6.07) is 13.8. The van der Waals surface area contributed by atoms with Gasteiger partial charge in [-0.05, 0) is 80.8 Å². The molecule has 3 aliphatic heterocycles. The van der Waals surface area contributed by atoms with Crippen LogP contribution >= 0.6 is 0 Å². The molecule has 0 saturated carbocycles. The van der Waals surface area contributed by atoms with Crippen LogP contribution in [0, 0.1) is 13.8 Å². The van der Waals surface area contributed by atoms with E-state index in [2.05, 4.69) is 10.3 Å². The zero-order valence-electron chi connectivity index (χ0n) is 36.2. The van der Waals surface area contributed by atoms with E-state index >= 15 is 0 Å². The van der Waals surface area contributed by atoms with Gasteiger partial charge in [0, 0.05) is 43.0 Å². The SMILES string of the molecule is Cc1cc(C)cc(C2=C3N=CC=C3CN2OC2C(Oc3ccc4c(=O)c(-c5ccc(O)cc5)coc4c3)OC3C(OC(=O)C(NCCC=O)C(=O)O)C=CC(O)C3(O)C2(O)C(O)CCCO)c1. The van der Waals surface area contributed by atoms with E-state index in [0.717, 1.165) is 23.3 Å². The average Bonchev–Trinajstić information content (AvgIpc) is 3.89. The monoisotopic (exact) mass is 923 g/mol. The Labute approximate surface area is 382 Å². The van der Waals surface area contributed by atoms with E-state index in [1.165, 1.54) is 41.7 Å². The van der Waals surface area contributed by atoms with Crippen LogP contribution in [0.5, 0.6) is 11.5 Å². The Morgan fingerprint density at radius 1 is 1.04 bits per heavy atom. The molecule has 4 aliphatic rings. The number of phenolic OH excluding ortho intramolecular Hbond substituents is 1. The van der Waals surface area contributed by atoms with Gasteiger partial charge in [0.2, 0.25) is 12.3 Å². The number of hydroxylamine groups is 2. The highest BCUT2D eigenvalue weighted by atomic mass is 16.8. The van der Waals surface area contributed by atoms with Crippen LogP contribution < -0.4 is 15.5 Å². The van der Waals surface area contributed by atoms with Crippen LogP contribution in [0.15, 0.2) is 111 Å². The average molecular weight is 924 g/mol. The lowest BCUT2D eigenvalue weighted by molar-refractivity contribution is -0.413. The number of aldehydes is 1. The summed E-state index contributed by atoms with van der Waals surface area (Å²) >= 11 is 0. The molecule has 0 bridgehead atoms. The summed E-state index contributed by atoms with van der Waals surface area (Å²) in [5, 5.41) is 83.8. The van der Waals surface area contributed by atoms with Crippen molar-refractivity contribution in [1.82, 2.24) is 10.4 Å². The van der Waals surface area contributed by atoms with Crippen molar-refractivity contribution in [3.63, 3.8) is 0 Å². The van der Waals surface area contributed by atoms with E-state index in [1.807, 2.05) is 32.0 Å². The largest absolute Gasteiger partial charge is 0.508 e. The van der Waals surface area contributed by atoms with Gasteiger partial charge in [0.1, 0.15) is 47.9 Å². The van der Waals surface area contributed by atoms with Gasteiger partial charge in [-0.2, -0.15) is 0 Å². The van der Waals surface area contributed by atoms with Gasteiger partial charge >= 0.3 is 11.9 Å². The molecule has 1 aromatic heterocycles. The van der Waals surface area contributed by atoms with Gasteiger partial charge in [0.25, 0.3) is 0 Å². The molecule has 1 saturated heterocycles. The number of aryl methyl sites for hydroxylation is 2. The Balaban J connectivity index is 1.25. The van der Waals surface area contributed by atoms with E-state index in [0.29, 0.717) is 34.4 Å². The van der Waals surface area contributed by atoms with E-state index in [4.69, 9.17) is 23.5 Å². The number of fused-ring (bicyclic) bond motifs is 3. The molecular formula is C48H49N3O16. The van der Waals surface area contributed by atoms with Gasteiger partial charge in [-0.25, -0.2) is 14.7 Å². The molecule has 9 unspecified atom stereocenters. The second-order valence-electron chi connectivity index (χ2n) is 16.8. The molecule has 8 N–H and O–H groups in total. The molecule has 352 valence electrons. The molecule has 4 aromatic rings. The maximum Gasteiger partial charge on any atom is 0.335 e. The zero-order valence-corrected chi connectivity index (χ0v) is 36.2. The van der Waals surface area contributed by atoms with Crippen LogP contribution in [0.4, 0.5) is 0 Å². The molecular weight excluding hydrogens is 875 g/mol. The molecule has 4 heterocycles. The highest BCUT2D eigenvalue weighted by Gasteiger charge is 2.74. The summed E-state index contributed by atoms with van der Waals surface area (Å²) in [4.78, 5) is 61.8. The van der Waals surface area contributed by atoms with E-state index in [-0.39, 0.29) is 54.0 Å². The fraction of sp³-hybridized carbons (Fsp3) is 0.354. The summed E-state index contributed by atoms with van der Waals surface area (Å²) < 4.78 is 24.5. The molecule has 67 heavy (non-hydrogen) atoms. The maximum atomic E-state index is 13.7. The van der Waals surface area contributed by atoms with Crippen molar-refractivity contribution in [3.8, 4) is 22.6 Å². The lowest BCUT2D eigenvalue weighted by Crippen LogP contribution is -2.84. The summed E-state index contributed by atoms with van der Waals surface area (Å²) in [5.41, 5.74) is -1.71. The number of phenols is 1. The molecule has 8 rings (SSSR count). The smallest absolute Gasteiger partial charge is 0.335 e. The Hall–Kier alpha value is -6.55. The number of ether oxygens (including phenoxy) is 3. The number of esters is 1. The highest BCUT2D eigenvalue weighted by molar-refractivity contribution is 5.98. The number of hydrogen-bond acceptors (Lipinski definition) is 18. The number of carbonyl (C=O) groups excluding carboxylic acids is 2. The number of aliphatic hydroxyl groups excluding tert-OH is 3. The number of carboxylic acids is 1. The van der Waals surface area contributed by atoms with E-state index < -0.39 is 84.4 Å². The molecule has 1 aliphatic carbocycles. The van der Waals surface area contributed by atoms with Crippen molar-refractivity contribution >= 4 is 41.1 Å². The summed E-state index contributed by atoms with van der Waals surface area (Å²) in [7, 11) is 0. The third kappa shape index (κ3) is 8.67. The third-order valence-electron chi connectivity index (χ3n) is 12.2. The number of nitrogens with one attached hydrogen (secondary N) is 1. The molecule has 1 fully saturated rings. The lowest BCUT2D eigenvalue weighted by Gasteiger charge is -2.60. The van der Waals surface area contributed by atoms with Gasteiger partial charge < -0.3 is 59.2 Å². The first kappa shape index (κ1) is 47.0. The summed E-state index contributed by atoms with van der Waals surface area (Å²) in [5.74, 6) is -3.12. The van der Waals surface area contributed by atoms with Gasteiger partial charge in [0.05, 0.1) is 35.0 Å². The fourth-order valence-electron chi connectivity index (χ4n) is 9.05. The van der Waals surface area contributed by atoms with Crippen molar-refractivity contribution < 1.29 is 73.6 Å². The van der Waals surface area contributed by atoms with Crippen LogP contribution in [0.25, 0.3) is 27.8 Å². The number of carbonyl (C=O) groups is 3. The predicted octanol–water partition coefficient (Wildman–Crippen LogP) is 1.95. The van der Waals surface area contributed by atoms with Crippen LogP contribution in [-0.2, 0) is 28.7 Å². The summed E-state index contributed by atoms with van der Waals surface area (Å²) in [6.45, 7) is 3.15. The normalized spacial score (nSPS) is 26.2. The van der Waals surface area contributed by atoms with E-state index in [1.54, 1.807) is 24.4 Å². The number of aromatic hydroxyl groups is 1. The van der Waals surface area contributed by atoms with Crippen LogP contribution in [-0.4, -0.2) is 139 Å². The number of allylic oxidation sites excluding steroid dienone is 1. The topological polar surface area (TPSA) is 288 Å². The Morgan fingerprint density at radius 2 is 1.79 bits per heavy atom. The van der Waals surface area contributed by atoms with E-state index in [9.17, 15) is 54.9 Å². The molecule has 19 heteroatoms. The minimum atomic E-state index is -3.07. The zero-order chi connectivity index (χ0) is 47.8.